The van der Waals surface area contributed by atoms with Crippen molar-refractivity contribution in [2.24, 2.45) is 11.8 Å². The SMILES string of the molecule is CC(C)(C)OC(=O)N1CCC(C(=O)O)C(c2ccccc2)C1.CC(C)(C)OC(=O)N1CCC(c2ccccc2)C(C(=O)O)C1. The summed E-state index contributed by atoms with van der Waals surface area (Å²) in [5, 5.41) is 19.0. The van der Waals surface area contributed by atoms with Gasteiger partial charge in [0.2, 0.25) is 0 Å². The molecule has 0 aromatic heterocycles. The number of hydrogen-bond donors (Lipinski definition) is 2. The highest BCUT2D eigenvalue weighted by molar-refractivity contribution is 5.75. The summed E-state index contributed by atoms with van der Waals surface area (Å²) in [6.45, 7) is 12.4. The molecule has 2 fully saturated rings. The lowest BCUT2D eigenvalue weighted by atomic mass is 9.80. The van der Waals surface area contributed by atoms with Crippen molar-refractivity contribution in [1.82, 2.24) is 9.80 Å². The summed E-state index contributed by atoms with van der Waals surface area (Å²) in [7, 11) is 0. The number of amides is 2. The first kappa shape index (κ1) is 34.4. The summed E-state index contributed by atoms with van der Waals surface area (Å²) in [5.74, 6) is -3.04. The maximum absolute atomic E-state index is 12.2. The Hall–Kier alpha value is -4.08. The van der Waals surface area contributed by atoms with Crippen LogP contribution in [-0.4, -0.2) is 81.5 Å². The van der Waals surface area contributed by atoms with Gasteiger partial charge in [0.25, 0.3) is 0 Å². The Kier molecular flexibility index (Phi) is 11.4. The highest BCUT2D eigenvalue weighted by Crippen LogP contribution is 2.35. The van der Waals surface area contributed by atoms with Crippen LogP contribution in [0.5, 0.6) is 0 Å². The van der Waals surface area contributed by atoms with Crippen molar-refractivity contribution in [2.75, 3.05) is 26.2 Å². The van der Waals surface area contributed by atoms with Crippen molar-refractivity contribution in [3.05, 3.63) is 71.8 Å². The van der Waals surface area contributed by atoms with Crippen LogP contribution >= 0.6 is 0 Å². The zero-order valence-electron chi connectivity index (χ0n) is 26.6. The molecule has 2 N–H and O–H groups in total. The van der Waals surface area contributed by atoms with Gasteiger partial charge < -0.3 is 29.5 Å². The Bertz CT molecular complexity index is 1270. The Morgan fingerprint density at radius 2 is 1.02 bits per heavy atom. The highest BCUT2D eigenvalue weighted by Gasteiger charge is 2.39. The molecule has 2 aromatic rings. The number of likely N-dealkylation sites (tertiary alicyclic amines) is 2. The third-order valence-corrected chi connectivity index (χ3v) is 7.62. The third-order valence-electron chi connectivity index (χ3n) is 7.62. The van der Waals surface area contributed by atoms with Crippen LogP contribution in [0.1, 0.15) is 77.3 Å². The highest BCUT2D eigenvalue weighted by atomic mass is 16.6. The number of nitrogens with zero attached hydrogens (tertiary/aromatic N) is 2. The summed E-state index contributed by atoms with van der Waals surface area (Å²) >= 11 is 0. The number of carbonyl (C=O) groups is 4. The number of ether oxygens (including phenoxy) is 2. The Morgan fingerprint density at radius 1 is 0.614 bits per heavy atom. The van der Waals surface area contributed by atoms with E-state index in [2.05, 4.69) is 0 Å². The van der Waals surface area contributed by atoms with Crippen LogP contribution in [0.3, 0.4) is 0 Å². The first-order valence-corrected chi connectivity index (χ1v) is 15.1. The van der Waals surface area contributed by atoms with Gasteiger partial charge in [0, 0.05) is 38.0 Å². The van der Waals surface area contributed by atoms with E-state index < -0.39 is 41.1 Å². The zero-order valence-corrected chi connectivity index (χ0v) is 26.6. The fourth-order valence-electron chi connectivity index (χ4n) is 5.57. The topological polar surface area (TPSA) is 134 Å². The second kappa shape index (κ2) is 14.6. The second-order valence-electron chi connectivity index (χ2n) is 13.4. The minimum absolute atomic E-state index is 0.0719. The average molecular weight is 611 g/mol. The van der Waals surface area contributed by atoms with Crippen LogP contribution in [-0.2, 0) is 19.1 Å². The smallest absolute Gasteiger partial charge is 0.410 e. The summed E-state index contributed by atoms with van der Waals surface area (Å²) in [6.07, 6.45) is 0.247. The monoisotopic (exact) mass is 610 g/mol. The maximum atomic E-state index is 12.2. The average Bonchev–Trinajstić information content (AvgIpc) is 2.96. The number of carboxylic acid groups (broad SMARTS) is 2. The largest absolute Gasteiger partial charge is 0.481 e. The summed E-state index contributed by atoms with van der Waals surface area (Å²) in [4.78, 5) is 50.6. The van der Waals surface area contributed by atoms with Gasteiger partial charge in [-0.25, -0.2) is 9.59 Å². The number of rotatable bonds is 4. The summed E-state index contributed by atoms with van der Waals surface area (Å²) in [6, 6.07) is 19.1. The molecule has 4 atom stereocenters. The third kappa shape index (κ3) is 9.99. The van der Waals surface area contributed by atoms with Crippen LogP contribution in [0.4, 0.5) is 9.59 Å². The van der Waals surface area contributed by atoms with E-state index >= 15 is 0 Å². The van der Waals surface area contributed by atoms with Crippen LogP contribution < -0.4 is 0 Å². The van der Waals surface area contributed by atoms with E-state index in [4.69, 9.17) is 9.47 Å². The molecule has 0 saturated carbocycles. The minimum Gasteiger partial charge on any atom is -0.481 e. The molecule has 2 aromatic carbocycles. The zero-order chi connectivity index (χ0) is 32.7. The standard InChI is InChI=1S/2C17H23NO4/c1-17(2,3)22-16(21)18-10-9-13(15(19)20)14(11-18)12-7-5-4-6-8-12;1-17(2,3)22-16(21)18-10-9-13(14(11-18)15(19)20)12-7-5-4-6-8-12/h2*4-8,13-14H,9-11H2,1-3H3,(H,19,20). The molecule has 240 valence electrons. The van der Waals surface area contributed by atoms with Gasteiger partial charge in [-0.1, -0.05) is 60.7 Å². The molecule has 0 aliphatic carbocycles. The first-order chi connectivity index (χ1) is 20.6. The molecular weight excluding hydrogens is 564 g/mol. The number of hydrogen-bond acceptors (Lipinski definition) is 6. The van der Waals surface area contributed by atoms with Crippen LogP contribution in [0, 0.1) is 11.8 Å². The Labute approximate surface area is 259 Å². The van der Waals surface area contributed by atoms with E-state index in [1.54, 1.807) is 25.7 Å². The van der Waals surface area contributed by atoms with E-state index in [0.29, 0.717) is 32.5 Å². The molecule has 2 saturated heterocycles. The molecule has 0 radical (unpaired) electrons. The minimum atomic E-state index is -0.873. The van der Waals surface area contributed by atoms with Gasteiger partial charge in [-0.2, -0.15) is 0 Å². The van der Waals surface area contributed by atoms with Crippen LogP contribution in [0.25, 0.3) is 0 Å². The maximum Gasteiger partial charge on any atom is 0.410 e. The van der Waals surface area contributed by atoms with Gasteiger partial charge in [0.1, 0.15) is 11.2 Å². The van der Waals surface area contributed by atoms with Crippen LogP contribution in [0.2, 0.25) is 0 Å². The van der Waals surface area contributed by atoms with E-state index in [-0.39, 0.29) is 24.5 Å². The Balaban J connectivity index is 0.000000240. The summed E-state index contributed by atoms with van der Waals surface area (Å²) < 4.78 is 10.7. The van der Waals surface area contributed by atoms with Gasteiger partial charge in [-0.05, 0) is 65.5 Å². The molecule has 10 heteroatoms. The summed E-state index contributed by atoms with van der Waals surface area (Å²) in [5.41, 5.74) is 0.830. The van der Waals surface area contributed by atoms with Crippen molar-refractivity contribution >= 4 is 24.1 Å². The predicted molar refractivity (Wildman–Crippen MR) is 165 cm³/mol. The molecule has 2 aliphatic rings. The first-order valence-electron chi connectivity index (χ1n) is 15.1. The molecule has 0 spiro atoms. The molecule has 2 amide bonds. The van der Waals surface area contributed by atoms with Gasteiger partial charge >= 0.3 is 24.1 Å². The number of aliphatic carboxylic acids is 2. The molecular formula is C34H46N2O8. The number of carboxylic acids is 2. The lowest BCUT2D eigenvalue weighted by Crippen LogP contribution is -2.47. The molecule has 4 unspecified atom stereocenters. The number of piperidine rings is 2. The fraction of sp³-hybridized carbons (Fsp3) is 0.529. The van der Waals surface area contributed by atoms with Gasteiger partial charge in [-0.3, -0.25) is 9.59 Å². The van der Waals surface area contributed by atoms with Crippen molar-refractivity contribution in [3.63, 3.8) is 0 Å². The van der Waals surface area contributed by atoms with E-state index in [1.807, 2.05) is 81.4 Å². The molecule has 0 bridgehead atoms. The van der Waals surface area contributed by atoms with E-state index in [0.717, 1.165) is 11.1 Å². The van der Waals surface area contributed by atoms with Gasteiger partial charge in [-0.15, -0.1) is 0 Å². The number of carbonyl (C=O) groups excluding carboxylic acids is 2. The predicted octanol–water partition coefficient (Wildman–Crippen LogP) is 6.22. The van der Waals surface area contributed by atoms with Gasteiger partial charge in [0.15, 0.2) is 0 Å². The lowest BCUT2D eigenvalue weighted by molar-refractivity contribution is -0.145. The lowest BCUT2D eigenvalue weighted by Gasteiger charge is -2.37. The Morgan fingerprint density at radius 3 is 1.45 bits per heavy atom. The molecule has 2 heterocycles. The fourth-order valence-corrected chi connectivity index (χ4v) is 5.57. The quantitative estimate of drug-likeness (QED) is 0.417. The molecule has 2 aliphatic heterocycles. The van der Waals surface area contributed by atoms with Crippen molar-refractivity contribution in [1.29, 1.82) is 0 Å². The molecule has 44 heavy (non-hydrogen) atoms. The normalized spacial score (nSPS) is 22.2. The molecule has 10 nitrogen and oxygen atoms in total. The van der Waals surface area contributed by atoms with Crippen LogP contribution in [0.15, 0.2) is 60.7 Å². The molecule has 4 rings (SSSR count). The van der Waals surface area contributed by atoms with E-state index in [9.17, 15) is 29.4 Å². The van der Waals surface area contributed by atoms with Crippen molar-refractivity contribution in [3.8, 4) is 0 Å². The van der Waals surface area contributed by atoms with Crippen molar-refractivity contribution < 1.29 is 38.9 Å². The number of benzene rings is 2. The second-order valence-corrected chi connectivity index (χ2v) is 13.4. The van der Waals surface area contributed by atoms with E-state index in [1.165, 1.54) is 4.90 Å². The van der Waals surface area contributed by atoms with Crippen molar-refractivity contribution in [2.45, 2.75) is 77.4 Å². The van der Waals surface area contributed by atoms with Gasteiger partial charge in [0.05, 0.1) is 11.8 Å².